The average molecular weight is 431 g/mol. The number of fused-ring (bicyclic) bond motifs is 5. The molecule has 0 heterocycles. The molecule has 0 aliphatic heterocycles. The third-order valence-corrected chi connectivity index (χ3v) is 10.2. The summed E-state index contributed by atoms with van der Waals surface area (Å²) in [6.07, 6.45) is 17.4. The fourth-order valence-corrected chi connectivity index (χ4v) is 8.49. The SMILES string of the molecule is CC(=O)OC1CCC2(C)C(=CCC3C2CCC2(C)C(CCCCC(C)(C)O)CCC32)C1. The number of hydrogen-bond donors (Lipinski definition) is 1. The van der Waals surface area contributed by atoms with Crippen LogP contribution in [0.25, 0.3) is 0 Å². The van der Waals surface area contributed by atoms with Gasteiger partial charge in [-0.15, -0.1) is 0 Å². The Labute approximate surface area is 190 Å². The van der Waals surface area contributed by atoms with Crippen molar-refractivity contribution in [3.8, 4) is 0 Å². The molecule has 3 fully saturated rings. The minimum atomic E-state index is -0.518. The van der Waals surface area contributed by atoms with Gasteiger partial charge in [-0.3, -0.25) is 4.79 Å². The Balaban J connectivity index is 1.42. The van der Waals surface area contributed by atoms with Crippen LogP contribution in [0.4, 0.5) is 0 Å². The van der Waals surface area contributed by atoms with Gasteiger partial charge in [0.25, 0.3) is 0 Å². The molecule has 0 bridgehead atoms. The van der Waals surface area contributed by atoms with Crippen molar-refractivity contribution in [3.63, 3.8) is 0 Å². The predicted molar refractivity (Wildman–Crippen MR) is 126 cm³/mol. The lowest BCUT2D eigenvalue weighted by molar-refractivity contribution is -0.148. The van der Waals surface area contributed by atoms with Crippen LogP contribution in [-0.2, 0) is 9.53 Å². The van der Waals surface area contributed by atoms with Crippen LogP contribution in [-0.4, -0.2) is 22.8 Å². The molecule has 0 amide bonds. The lowest BCUT2D eigenvalue weighted by Crippen LogP contribution is -2.50. The van der Waals surface area contributed by atoms with Crippen LogP contribution in [0.15, 0.2) is 11.6 Å². The van der Waals surface area contributed by atoms with E-state index in [0.29, 0.717) is 10.8 Å². The van der Waals surface area contributed by atoms with Crippen LogP contribution in [0.3, 0.4) is 0 Å². The Hall–Kier alpha value is -0.830. The number of esters is 1. The Morgan fingerprint density at radius 1 is 1.13 bits per heavy atom. The van der Waals surface area contributed by atoms with E-state index in [2.05, 4.69) is 19.9 Å². The van der Waals surface area contributed by atoms with E-state index >= 15 is 0 Å². The Bertz CT molecular complexity index is 704. The summed E-state index contributed by atoms with van der Waals surface area (Å²) in [6, 6.07) is 0. The van der Waals surface area contributed by atoms with Crippen molar-refractivity contribution in [2.45, 2.75) is 123 Å². The molecule has 31 heavy (non-hydrogen) atoms. The van der Waals surface area contributed by atoms with Gasteiger partial charge in [-0.05, 0) is 106 Å². The molecule has 0 aromatic rings. The molecule has 0 aromatic heterocycles. The maximum atomic E-state index is 11.5. The van der Waals surface area contributed by atoms with E-state index in [1.807, 2.05) is 13.8 Å². The summed E-state index contributed by atoms with van der Waals surface area (Å²) in [5.41, 5.74) is 1.92. The third-order valence-electron chi connectivity index (χ3n) is 10.2. The van der Waals surface area contributed by atoms with Gasteiger partial charge in [0.15, 0.2) is 0 Å². The second kappa shape index (κ2) is 8.50. The summed E-state index contributed by atoms with van der Waals surface area (Å²) < 4.78 is 5.59. The highest BCUT2D eigenvalue weighted by Crippen LogP contribution is 2.66. The highest BCUT2D eigenvalue weighted by Gasteiger charge is 2.58. The van der Waals surface area contributed by atoms with Gasteiger partial charge in [-0.1, -0.05) is 38.3 Å². The molecule has 0 radical (unpaired) electrons. The Kier molecular flexibility index (Phi) is 6.40. The Morgan fingerprint density at radius 2 is 1.90 bits per heavy atom. The molecule has 7 atom stereocenters. The monoisotopic (exact) mass is 430 g/mol. The normalized spacial score (nSPS) is 42.3. The smallest absolute Gasteiger partial charge is 0.302 e. The first-order valence-electron chi connectivity index (χ1n) is 13.1. The lowest BCUT2D eigenvalue weighted by Gasteiger charge is -2.58. The molecule has 4 aliphatic carbocycles. The minimum absolute atomic E-state index is 0.0991. The van der Waals surface area contributed by atoms with Crippen molar-refractivity contribution in [3.05, 3.63) is 11.6 Å². The van der Waals surface area contributed by atoms with E-state index in [1.165, 1.54) is 51.4 Å². The first kappa shape index (κ1) is 23.3. The molecule has 1 N–H and O–H groups in total. The van der Waals surface area contributed by atoms with Gasteiger partial charge < -0.3 is 9.84 Å². The van der Waals surface area contributed by atoms with Crippen molar-refractivity contribution in [2.24, 2.45) is 34.5 Å². The van der Waals surface area contributed by atoms with Gasteiger partial charge in [0, 0.05) is 13.3 Å². The molecule has 4 rings (SSSR count). The number of allylic oxidation sites excluding steroid dienone is 1. The van der Waals surface area contributed by atoms with Crippen molar-refractivity contribution >= 4 is 5.97 Å². The van der Waals surface area contributed by atoms with Gasteiger partial charge in [-0.25, -0.2) is 0 Å². The van der Waals surface area contributed by atoms with Gasteiger partial charge in [0.05, 0.1) is 5.60 Å². The van der Waals surface area contributed by atoms with Gasteiger partial charge >= 0.3 is 5.97 Å². The quantitative estimate of drug-likeness (QED) is 0.285. The Morgan fingerprint density at radius 3 is 2.61 bits per heavy atom. The van der Waals surface area contributed by atoms with E-state index in [9.17, 15) is 9.90 Å². The first-order chi connectivity index (χ1) is 14.5. The van der Waals surface area contributed by atoms with Gasteiger partial charge in [-0.2, -0.15) is 0 Å². The number of ether oxygens (including phenoxy) is 1. The number of carbonyl (C=O) groups is 1. The van der Waals surface area contributed by atoms with Crippen molar-refractivity contribution < 1.29 is 14.6 Å². The average Bonchev–Trinajstić information content (AvgIpc) is 3.01. The maximum Gasteiger partial charge on any atom is 0.302 e. The topological polar surface area (TPSA) is 46.5 Å². The molecule has 0 aromatic carbocycles. The zero-order valence-corrected chi connectivity index (χ0v) is 20.7. The second-order valence-corrected chi connectivity index (χ2v) is 12.6. The number of unbranched alkanes of at least 4 members (excludes halogenated alkanes) is 1. The van der Waals surface area contributed by atoms with Crippen molar-refractivity contribution in [2.75, 3.05) is 0 Å². The van der Waals surface area contributed by atoms with E-state index < -0.39 is 5.60 Å². The van der Waals surface area contributed by atoms with Crippen LogP contribution in [0, 0.1) is 34.5 Å². The second-order valence-electron chi connectivity index (χ2n) is 12.6. The molecule has 3 heteroatoms. The highest BCUT2D eigenvalue weighted by molar-refractivity contribution is 5.66. The number of hydrogen-bond acceptors (Lipinski definition) is 3. The van der Waals surface area contributed by atoms with Crippen molar-refractivity contribution in [1.29, 1.82) is 0 Å². The van der Waals surface area contributed by atoms with E-state index in [4.69, 9.17) is 4.74 Å². The number of carbonyl (C=O) groups excluding carboxylic acids is 1. The molecular weight excluding hydrogens is 384 g/mol. The van der Waals surface area contributed by atoms with Crippen LogP contribution in [0.2, 0.25) is 0 Å². The van der Waals surface area contributed by atoms with Crippen LogP contribution in [0.1, 0.15) is 112 Å². The summed E-state index contributed by atoms with van der Waals surface area (Å²) in [7, 11) is 0. The molecule has 4 aliphatic rings. The molecule has 0 spiro atoms. The zero-order chi connectivity index (χ0) is 22.4. The van der Waals surface area contributed by atoms with Crippen LogP contribution in [0.5, 0.6) is 0 Å². The maximum absolute atomic E-state index is 11.5. The van der Waals surface area contributed by atoms with E-state index in [0.717, 1.165) is 49.4 Å². The highest BCUT2D eigenvalue weighted by atomic mass is 16.5. The number of aliphatic hydroxyl groups is 1. The third kappa shape index (κ3) is 4.50. The zero-order valence-electron chi connectivity index (χ0n) is 20.7. The standard InChI is InChI=1S/C28H46O3/c1-19(29)31-22-13-16-28(5)21(18-22)9-11-23-24-12-10-20(8-6-7-15-26(2,3)30)27(24,4)17-14-25(23)28/h9,20,22-25,30H,6-8,10-18H2,1-5H3. The van der Waals surface area contributed by atoms with E-state index in [-0.39, 0.29) is 12.1 Å². The molecule has 3 nitrogen and oxygen atoms in total. The summed E-state index contributed by atoms with van der Waals surface area (Å²) in [6.45, 7) is 10.6. The summed E-state index contributed by atoms with van der Waals surface area (Å²) in [4.78, 5) is 11.5. The fourth-order valence-electron chi connectivity index (χ4n) is 8.49. The summed E-state index contributed by atoms with van der Waals surface area (Å²) in [5, 5.41) is 10.0. The van der Waals surface area contributed by atoms with Crippen molar-refractivity contribution in [1.82, 2.24) is 0 Å². The van der Waals surface area contributed by atoms with E-state index in [1.54, 1.807) is 12.5 Å². The minimum Gasteiger partial charge on any atom is -0.462 e. The molecule has 176 valence electrons. The summed E-state index contributed by atoms with van der Waals surface area (Å²) >= 11 is 0. The summed E-state index contributed by atoms with van der Waals surface area (Å²) in [5.74, 6) is 3.29. The first-order valence-corrected chi connectivity index (χ1v) is 13.1. The largest absolute Gasteiger partial charge is 0.462 e. The molecule has 0 saturated heterocycles. The van der Waals surface area contributed by atoms with Crippen LogP contribution >= 0.6 is 0 Å². The van der Waals surface area contributed by atoms with Gasteiger partial charge in [0.1, 0.15) is 6.10 Å². The van der Waals surface area contributed by atoms with Gasteiger partial charge in [0.2, 0.25) is 0 Å². The predicted octanol–water partition coefficient (Wildman–Crippen LogP) is 6.83. The molecular formula is C28H46O3. The number of rotatable bonds is 6. The molecule has 7 unspecified atom stereocenters. The fraction of sp³-hybridized carbons (Fsp3) is 0.893. The van der Waals surface area contributed by atoms with Crippen LogP contribution < -0.4 is 0 Å². The molecule has 3 saturated carbocycles. The lowest BCUT2D eigenvalue weighted by atomic mass is 9.47.